The van der Waals surface area contributed by atoms with Crippen molar-refractivity contribution in [3.05, 3.63) is 69.8 Å². The number of quaternary nitrogens is 1. The van der Waals surface area contributed by atoms with Gasteiger partial charge < -0.3 is 35.6 Å². The third kappa shape index (κ3) is 5.50. The number of fused-ring (bicyclic) bond motifs is 1. The van der Waals surface area contributed by atoms with Crippen molar-refractivity contribution in [2.45, 2.75) is 13.5 Å². The molecule has 0 aliphatic carbocycles. The van der Waals surface area contributed by atoms with Gasteiger partial charge in [0.25, 0.3) is 0 Å². The lowest BCUT2D eigenvalue weighted by Crippen LogP contribution is -2.89. The molecule has 3 aromatic rings. The number of benzene rings is 2. The molecule has 10 nitrogen and oxygen atoms in total. The van der Waals surface area contributed by atoms with Crippen LogP contribution in [0.5, 0.6) is 5.75 Å². The summed E-state index contributed by atoms with van der Waals surface area (Å²) in [5, 5.41) is 30.5. The minimum Gasteiger partial charge on any atom is -0.872 e. The zero-order chi connectivity index (χ0) is 24.1. The summed E-state index contributed by atoms with van der Waals surface area (Å²) < 4.78 is 16.2. The minimum atomic E-state index is -1.30. The highest BCUT2D eigenvalue weighted by atomic mass is 19.1. The molecule has 0 saturated carbocycles. The van der Waals surface area contributed by atoms with Crippen molar-refractivity contribution in [3.8, 4) is 5.75 Å². The van der Waals surface area contributed by atoms with Gasteiger partial charge in [-0.15, -0.1) is 0 Å². The average molecular weight is 475 g/mol. The highest BCUT2D eigenvalue weighted by molar-refractivity contribution is 5.93. The molecule has 0 unspecified atom stereocenters. The SMILES string of the molecule is CCn1cc(C(=O)O)c(=O)c2cc(F)c(N3CC[NH2+]CC3)cc21.O.O=C(O)c1ccccc1[O-]. The number of halogens is 1. The van der Waals surface area contributed by atoms with Gasteiger partial charge in [0.05, 0.1) is 42.9 Å². The first-order valence-electron chi connectivity index (χ1n) is 10.4. The van der Waals surface area contributed by atoms with Crippen LogP contribution in [0.1, 0.15) is 27.6 Å². The number of aryl methyl sites for hydroxylation is 1. The van der Waals surface area contributed by atoms with Crippen LogP contribution in [0.4, 0.5) is 10.1 Å². The number of carbonyl (C=O) groups is 2. The fourth-order valence-corrected chi connectivity index (χ4v) is 3.69. The molecule has 1 aliphatic rings. The van der Waals surface area contributed by atoms with E-state index in [1.54, 1.807) is 10.6 Å². The van der Waals surface area contributed by atoms with Gasteiger partial charge in [-0.1, -0.05) is 23.9 Å². The molecule has 1 aromatic heterocycles. The molecular formula is C23H26FN3O7. The van der Waals surface area contributed by atoms with E-state index in [4.69, 9.17) is 10.2 Å². The number of anilines is 1. The maximum Gasteiger partial charge on any atom is 0.341 e. The maximum absolute atomic E-state index is 14.5. The summed E-state index contributed by atoms with van der Waals surface area (Å²) in [5.41, 5.74) is -0.125. The van der Waals surface area contributed by atoms with E-state index in [9.17, 15) is 23.9 Å². The average Bonchev–Trinajstić information content (AvgIpc) is 2.80. The third-order valence-corrected chi connectivity index (χ3v) is 5.38. The molecule has 182 valence electrons. The molecule has 1 aliphatic heterocycles. The Morgan fingerprint density at radius 1 is 1.09 bits per heavy atom. The number of carboxylic acids is 2. The molecule has 2 heterocycles. The summed E-state index contributed by atoms with van der Waals surface area (Å²) in [6.45, 7) is 5.63. The maximum atomic E-state index is 14.5. The predicted octanol–water partition coefficient (Wildman–Crippen LogP) is -0.124. The molecule has 0 spiro atoms. The summed E-state index contributed by atoms with van der Waals surface area (Å²) in [4.78, 5) is 35.7. The van der Waals surface area contributed by atoms with Crippen molar-refractivity contribution in [2.75, 3.05) is 31.1 Å². The first-order valence-corrected chi connectivity index (χ1v) is 10.4. The molecule has 1 saturated heterocycles. The first-order chi connectivity index (χ1) is 15.7. The van der Waals surface area contributed by atoms with Crippen LogP contribution in [0, 0.1) is 5.82 Å². The monoisotopic (exact) mass is 475 g/mol. The van der Waals surface area contributed by atoms with Crippen molar-refractivity contribution in [1.29, 1.82) is 0 Å². The third-order valence-electron chi connectivity index (χ3n) is 5.38. The molecule has 0 radical (unpaired) electrons. The van der Waals surface area contributed by atoms with Gasteiger partial charge in [-0.05, 0) is 25.1 Å². The van der Waals surface area contributed by atoms with Crippen molar-refractivity contribution < 1.29 is 40.1 Å². The summed E-state index contributed by atoms with van der Waals surface area (Å²) in [7, 11) is 0. The first kappa shape index (κ1) is 26.3. The largest absolute Gasteiger partial charge is 0.872 e. The van der Waals surface area contributed by atoms with E-state index in [0.717, 1.165) is 26.2 Å². The van der Waals surface area contributed by atoms with Crippen molar-refractivity contribution in [2.24, 2.45) is 0 Å². The molecule has 2 aromatic carbocycles. The van der Waals surface area contributed by atoms with Crippen LogP contribution in [0.15, 0.2) is 47.4 Å². The lowest BCUT2D eigenvalue weighted by Gasteiger charge is -2.28. The highest BCUT2D eigenvalue weighted by Crippen LogP contribution is 2.25. The molecule has 1 fully saturated rings. The summed E-state index contributed by atoms with van der Waals surface area (Å²) in [6.07, 6.45) is 1.33. The minimum absolute atomic E-state index is 0. The number of rotatable bonds is 4. The quantitative estimate of drug-likeness (QED) is 0.472. The Bertz CT molecular complexity index is 1250. The number of aromatic carboxylic acids is 2. The van der Waals surface area contributed by atoms with Gasteiger partial charge >= 0.3 is 11.9 Å². The fourth-order valence-electron chi connectivity index (χ4n) is 3.69. The molecule has 34 heavy (non-hydrogen) atoms. The molecule has 0 atom stereocenters. The van der Waals surface area contributed by atoms with E-state index in [0.29, 0.717) is 17.7 Å². The summed E-state index contributed by atoms with van der Waals surface area (Å²) in [5.74, 6) is -3.41. The van der Waals surface area contributed by atoms with Gasteiger partial charge in [-0.3, -0.25) is 4.79 Å². The van der Waals surface area contributed by atoms with Crippen LogP contribution in [0.25, 0.3) is 10.9 Å². The second-order valence-corrected chi connectivity index (χ2v) is 7.44. The van der Waals surface area contributed by atoms with Crippen LogP contribution < -0.4 is 20.8 Å². The molecule has 6 N–H and O–H groups in total. The second kappa shape index (κ2) is 11.3. The van der Waals surface area contributed by atoms with E-state index < -0.39 is 28.9 Å². The van der Waals surface area contributed by atoms with Gasteiger partial charge in [-0.25, -0.2) is 14.0 Å². The van der Waals surface area contributed by atoms with Crippen LogP contribution in [-0.2, 0) is 6.54 Å². The van der Waals surface area contributed by atoms with Crippen molar-refractivity contribution in [3.63, 3.8) is 0 Å². The Morgan fingerprint density at radius 3 is 2.24 bits per heavy atom. The van der Waals surface area contributed by atoms with Crippen LogP contribution in [0.2, 0.25) is 0 Å². The number of piperazine rings is 1. The number of aromatic nitrogens is 1. The Hall–Kier alpha value is -3.96. The number of nitrogens with zero attached hydrogens (tertiary/aromatic N) is 2. The Labute approximate surface area is 193 Å². The van der Waals surface area contributed by atoms with E-state index in [1.165, 1.54) is 36.5 Å². The summed E-state index contributed by atoms with van der Waals surface area (Å²) in [6, 6.07) is 8.37. The predicted molar refractivity (Wildman–Crippen MR) is 121 cm³/mol. The smallest absolute Gasteiger partial charge is 0.341 e. The molecule has 11 heteroatoms. The normalized spacial score (nSPS) is 12.9. The molecular weight excluding hydrogens is 449 g/mol. The van der Waals surface area contributed by atoms with Crippen molar-refractivity contribution >= 4 is 28.5 Å². The zero-order valence-corrected chi connectivity index (χ0v) is 18.5. The molecule has 0 bridgehead atoms. The Morgan fingerprint density at radius 2 is 1.71 bits per heavy atom. The van der Waals surface area contributed by atoms with E-state index in [1.807, 2.05) is 11.8 Å². The van der Waals surface area contributed by atoms with Crippen LogP contribution in [-0.4, -0.2) is 58.4 Å². The van der Waals surface area contributed by atoms with E-state index >= 15 is 0 Å². The lowest BCUT2D eigenvalue weighted by atomic mass is 10.1. The Kier molecular flexibility index (Phi) is 8.70. The molecule has 4 rings (SSSR count). The number of hydrogen-bond donors (Lipinski definition) is 3. The fraction of sp³-hybridized carbons (Fsp3) is 0.261. The number of carboxylic acid groups (broad SMARTS) is 2. The second-order valence-electron chi connectivity index (χ2n) is 7.44. The molecule has 0 amide bonds. The Balaban J connectivity index is 0.000000314. The van der Waals surface area contributed by atoms with Gasteiger partial charge in [0, 0.05) is 18.1 Å². The standard InChI is InChI=1S/C16H18FN3O3.C7H6O3.H2O/c1-2-19-9-11(16(22)23)15(21)10-7-12(17)14(8-13(10)19)20-5-3-18-4-6-20;8-6-4-2-1-3-5(6)7(9)10;/h7-9,18H,2-6H2,1H3,(H,22,23);1-4,8H,(H,9,10);1H2. The van der Waals surface area contributed by atoms with Crippen molar-refractivity contribution in [1.82, 2.24) is 4.57 Å². The van der Waals surface area contributed by atoms with Gasteiger partial charge in [-0.2, -0.15) is 0 Å². The number of pyridine rings is 1. The van der Waals surface area contributed by atoms with Gasteiger partial charge in [0.2, 0.25) is 5.43 Å². The highest BCUT2D eigenvalue weighted by Gasteiger charge is 2.20. The lowest BCUT2D eigenvalue weighted by molar-refractivity contribution is -0.655. The van der Waals surface area contributed by atoms with E-state index in [2.05, 4.69) is 5.32 Å². The van der Waals surface area contributed by atoms with Crippen LogP contribution in [0.3, 0.4) is 0 Å². The zero-order valence-electron chi connectivity index (χ0n) is 18.5. The topological polar surface area (TPSA) is 171 Å². The summed E-state index contributed by atoms with van der Waals surface area (Å²) >= 11 is 0. The van der Waals surface area contributed by atoms with E-state index in [-0.39, 0.29) is 22.0 Å². The number of nitrogens with two attached hydrogens (primary N) is 1. The van der Waals surface area contributed by atoms with Gasteiger partial charge in [0.1, 0.15) is 11.4 Å². The van der Waals surface area contributed by atoms with Gasteiger partial charge in [0.15, 0.2) is 0 Å². The van der Waals surface area contributed by atoms with Crippen LogP contribution >= 0.6 is 0 Å². The number of hydrogen-bond acceptors (Lipinski definition) is 5. The number of para-hydroxylation sites is 1.